The number of rotatable bonds is 14. The largest absolute Gasteiger partial charge is 0.465 e. The summed E-state index contributed by atoms with van der Waals surface area (Å²) >= 11 is 0. The third kappa shape index (κ3) is 9.48. The number of benzene rings is 5. The van der Waals surface area contributed by atoms with Crippen LogP contribution in [0.1, 0.15) is 93.2 Å². The van der Waals surface area contributed by atoms with Gasteiger partial charge in [0.1, 0.15) is 0 Å². The van der Waals surface area contributed by atoms with Crippen LogP contribution in [0.5, 0.6) is 0 Å². The van der Waals surface area contributed by atoms with Gasteiger partial charge in [-0.05, 0) is 115 Å². The number of nitrogens with one attached hydrogen (secondary N) is 1. The maximum Gasteiger partial charge on any atom is 0.409 e. The van der Waals surface area contributed by atoms with Crippen molar-refractivity contribution in [1.29, 1.82) is 0 Å². The van der Waals surface area contributed by atoms with Gasteiger partial charge in [-0.2, -0.15) is 0 Å². The molecule has 9 rings (SSSR count). The molecular weight excluding hydrogens is 865 g/mol. The molecule has 4 nitrogen and oxygen atoms in total. The van der Waals surface area contributed by atoms with Crippen LogP contribution in [0, 0.1) is 17.8 Å². The predicted octanol–water partition coefficient (Wildman–Crippen LogP) is 16.6. The summed E-state index contributed by atoms with van der Waals surface area (Å²) in [6.45, 7) is 20.3. The van der Waals surface area contributed by atoms with Crippen molar-refractivity contribution in [2.75, 3.05) is 11.4 Å². The maximum absolute atomic E-state index is 12.0. The Morgan fingerprint density at radius 3 is 2.23 bits per heavy atom. The van der Waals surface area contributed by atoms with Gasteiger partial charge in [0.15, 0.2) is 0 Å². The fraction of sp³-hybridized carbons (Fsp3) is 0.239. The summed E-state index contributed by atoms with van der Waals surface area (Å²) in [7, 11) is 0. The number of para-hydroxylation sites is 1. The van der Waals surface area contributed by atoms with E-state index < -0.39 is 16.9 Å². The van der Waals surface area contributed by atoms with E-state index in [0.29, 0.717) is 24.5 Å². The monoisotopic (exact) mass is 933 g/mol. The van der Waals surface area contributed by atoms with E-state index in [1.165, 1.54) is 55.9 Å². The molecule has 3 aliphatic carbocycles. The van der Waals surface area contributed by atoms with Gasteiger partial charge in [-0.3, -0.25) is 5.32 Å². The molecule has 2 N–H and O–H groups in total. The second kappa shape index (κ2) is 21.3. The molecule has 0 saturated heterocycles. The Balaban J connectivity index is 1.18. The van der Waals surface area contributed by atoms with Gasteiger partial charge in [0.05, 0.1) is 5.41 Å². The van der Waals surface area contributed by atoms with Crippen LogP contribution in [0.4, 0.5) is 10.5 Å². The number of amides is 1. The first-order chi connectivity index (χ1) is 34.6. The SMILES string of the molecule is C=C(c1ccccc1C1=CCCC=C1NC(=O)O)C(C/C=C/C=C/C=C1\N(CC(C)C)c2ccccc2/C(=C/C)C2C(=C)C1(c1ccccc1)CC1C=CCC(C)=C12)(Cc1ccccc1)c1ccccc1. The molecule has 358 valence electrons. The van der Waals surface area contributed by atoms with Crippen molar-refractivity contribution in [3.8, 4) is 0 Å². The number of anilines is 1. The summed E-state index contributed by atoms with van der Waals surface area (Å²) in [4.78, 5) is 14.7. The second-order valence-electron chi connectivity index (χ2n) is 20.1. The first-order valence-electron chi connectivity index (χ1n) is 25.5. The molecule has 4 atom stereocenters. The topological polar surface area (TPSA) is 52.6 Å². The molecule has 4 heteroatoms. The number of hydrogen-bond donors (Lipinski definition) is 2. The van der Waals surface area contributed by atoms with Gasteiger partial charge < -0.3 is 10.0 Å². The van der Waals surface area contributed by atoms with Gasteiger partial charge in [0, 0.05) is 52.0 Å². The summed E-state index contributed by atoms with van der Waals surface area (Å²) in [6.07, 6.45) is 26.5. The van der Waals surface area contributed by atoms with Crippen molar-refractivity contribution < 1.29 is 9.90 Å². The number of carbonyl (C=O) groups is 1. The van der Waals surface area contributed by atoms with Crippen LogP contribution < -0.4 is 10.2 Å². The van der Waals surface area contributed by atoms with E-state index in [4.69, 9.17) is 13.2 Å². The minimum Gasteiger partial charge on any atom is -0.465 e. The van der Waals surface area contributed by atoms with E-state index in [2.05, 4.69) is 226 Å². The molecule has 1 aliphatic heterocycles. The number of carboxylic acid groups (broad SMARTS) is 1. The molecule has 0 radical (unpaired) electrons. The summed E-state index contributed by atoms with van der Waals surface area (Å²) in [5.74, 6) is 0.723. The highest BCUT2D eigenvalue weighted by molar-refractivity contribution is 5.91. The molecular formula is C67H68N2O2. The summed E-state index contributed by atoms with van der Waals surface area (Å²) < 4.78 is 0. The van der Waals surface area contributed by atoms with Crippen molar-refractivity contribution in [2.24, 2.45) is 17.8 Å². The fourth-order valence-corrected chi connectivity index (χ4v) is 12.2. The molecule has 71 heavy (non-hydrogen) atoms. The van der Waals surface area contributed by atoms with E-state index >= 15 is 0 Å². The third-order valence-corrected chi connectivity index (χ3v) is 15.4. The van der Waals surface area contributed by atoms with Crippen LogP contribution in [-0.2, 0) is 17.3 Å². The zero-order valence-corrected chi connectivity index (χ0v) is 42.0. The average Bonchev–Trinajstić information content (AvgIpc) is 3.39. The first-order valence-corrected chi connectivity index (χ1v) is 25.5. The number of fused-ring (bicyclic) bond motifs is 5. The Labute approximate surface area is 423 Å². The zero-order chi connectivity index (χ0) is 49.5. The lowest BCUT2D eigenvalue weighted by Crippen LogP contribution is -2.49. The number of hydrogen-bond acceptors (Lipinski definition) is 2. The third-order valence-electron chi connectivity index (χ3n) is 15.4. The molecule has 4 aliphatic rings. The van der Waals surface area contributed by atoms with Gasteiger partial charge >= 0.3 is 6.09 Å². The smallest absolute Gasteiger partial charge is 0.409 e. The van der Waals surface area contributed by atoms with Crippen LogP contribution >= 0.6 is 0 Å². The van der Waals surface area contributed by atoms with Gasteiger partial charge in [-0.25, -0.2) is 4.79 Å². The van der Waals surface area contributed by atoms with Crippen molar-refractivity contribution >= 4 is 28.5 Å². The minimum atomic E-state index is -1.07. The lowest BCUT2D eigenvalue weighted by molar-refractivity contribution is 0.198. The second-order valence-corrected chi connectivity index (χ2v) is 20.1. The van der Waals surface area contributed by atoms with E-state index in [1.807, 2.05) is 12.1 Å². The zero-order valence-electron chi connectivity index (χ0n) is 42.0. The number of allylic oxidation sites excluding steroid dienone is 16. The van der Waals surface area contributed by atoms with Gasteiger partial charge in [-0.1, -0.05) is 226 Å². The van der Waals surface area contributed by atoms with E-state index in [-0.39, 0.29) is 11.8 Å². The highest BCUT2D eigenvalue weighted by Gasteiger charge is 2.53. The van der Waals surface area contributed by atoms with Gasteiger partial charge in [0.25, 0.3) is 0 Å². The predicted molar refractivity (Wildman–Crippen MR) is 299 cm³/mol. The lowest BCUT2D eigenvalue weighted by atomic mass is 9.52. The fourth-order valence-electron chi connectivity index (χ4n) is 12.2. The molecule has 0 spiro atoms. The number of nitrogens with zero attached hydrogens (tertiary/aromatic N) is 1. The minimum absolute atomic E-state index is 0.0675. The van der Waals surface area contributed by atoms with Crippen molar-refractivity contribution in [3.05, 3.63) is 275 Å². The molecule has 1 amide bonds. The Bertz CT molecular complexity index is 3050. The van der Waals surface area contributed by atoms with E-state index in [9.17, 15) is 9.90 Å². The van der Waals surface area contributed by atoms with Crippen LogP contribution in [-0.4, -0.2) is 17.7 Å². The quantitative estimate of drug-likeness (QED) is 0.0862. The standard InChI is InChI=1S/C67H68N2O2/c1-7-55-59-39-23-25-41-61(59)69(46-47(2)3)62(67(54-34-17-12-18-35-54)45-52-31-27-28-48(4)63(52)64(55)50(67)6)42-19-8-9-26-43-66(53-32-15-11-16-33-53,44-51-29-13-10-14-30-51)49(5)56-36-20-21-37-57(56)58-38-22-24-40-60(58)68-65(70)71/h7-21,23,25-27,29-42,47,52,64,68H,5-6,22,24,28,43-46H2,1-4H3,(H,70,71)/b19-8+,26-9+,55-7-,62-42-. The Morgan fingerprint density at radius 1 is 0.845 bits per heavy atom. The molecule has 0 aromatic heterocycles. The molecule has 5 aromatic carbocycles. The molecule has 1 heterocycles. The molecule has 4 unspecified atom stereocenters. The average molecular weight is 933 g/mol. The Kier molecular flexibility index (Phi) is 14.6. The molecule has 1 saturated carbocycles. The van der Waals surface area contributed by atoms with E-state index in [1.54, 1.807) is 0 Å². The first kappa shape index (κ1) is 48.6. The van der Waals surface area contributed by atoms with Crippen LogP contribution in [0.2, 0.25) is 0 Å². The molecule has 1 fully saturated rings. The van der Waals surface area contributed by atoms with Crippen LogP contribution in [0.3, 0.4) is 0 Å². The highest BCUT2D eigenvalue weighted by Crippen LogP contribution is 2.62. The van der Waals surface area contributed by atoms with Crippen molar-refractivity contribution in [3.63, 3.8) is 0 Å². The maximum atomic E-state index is 12.0. The summed E-state index contributed by atoms with van der Waals surface area (Å²) in [5.41, 5.74) is 16.4. The highest BCUT2D eigenvalue weighted by atomic mass is 16.4. The normalized spacial score (nSPS) is 21.9. The summed E-state index contributed by atoms with van der Waals surface area (Å²) in [6, 6.07) is 50.0. The van der Waals surface area contributed by atoms with Crippen LogP contribution in [0.15, 0.2) is 242 Å². The van der Waals surface area contributed by atoms with Gasteiger partial charge in [-0.15, -0.1) is 0 Å². The molecule has 2 bridgehead atoms. The lowest BCUT2D eigenvalue weighted by Gasteiger charge is -2.55. The summed E-state index contributed by atoms with van der Waals surface area (Å²) in [5, 5.41) is 12.5. The Morgan fingerprint density at radius 2 is 1.51 bits per heavy atom. The van der Waals surface area contributed by atoms with Crippen molar-refractivity contribution in [1.82, 2.24) is 5.32 Å². The Hall–Kier alpha value is -7.43. The van der Waals surface area contributed by atoms with Crippen molar-refractivity contribution in [2.45, 2.75) is 77.0 Å². The van der Waals surface area contributed by atoms with E-state index in [0.717, 1.165) is 54.5 Å². The van der Waals surface area contributed by atoms with Crippen LogP contribution in [0.25, 0.3) is 16.7 Å². The molecule has 5 aromatic rings. The van der Waals surface area contributed by atoms with Gasteiger partial charge in [0.2, 0.25) is 0 Å².